The summed E-state index contributed by atoms with van der Waals surface area (Å²) in [5.74, 6) is 0.485. The van der Waals surface area contributed by atoms with E-state index in [1.54, 1.807) is 25.4 Å². The Morgan fingerprint density at radius 2 is 1.86 bits per heavy atom. The number of hydrazone groups is 1. The second kappa shape index (κ2) is 8.09. The minimum Gasteiger partial charge on any atom is -0.489 e. The van der Waals surface area contributed by atoms with E-state index in [-0.39, 0.29) is 5.82 Å². The first kappa shape index (κ1) is 15.9. The molecule has 0 radical (unpaired) electrons. The minimum atomic E-state index is -0.251. The van der Waals surface area contributed by atoms with Crippen LogP contribution in [0.5, 0.6) is 5.75 Å². The highest BCUT2D eigenvalue weighted by molar-refractivity contribution is 7.80. The van der Waals surface area contributed by atoms with Crippen molar-refractivity contribution in [3.63, 3.8) is 0 Å². The normalized spacial score (nSPS) is 10.5. The van der Waals surface area contributed by atoms with Crippen molar-refractivity contribution in [3.8, 4) is 5.75 Å². The lowest BCUT2D eigenvalue weighted by Gasteiger charge is -2.06. The maximum atomic E-state index is 12.8. The topological polar surface area (TPSA) is 45.7 Å². The standard InChI is InChI=1S/C16H16FN3OS/c1-18-16(22)20-19-10-12-4-8-15(9-5-12)21-11-13-2-6-14(17)7-3-13/h2-10H,11H2,1H3,(H2,18,20,22)/b19-10-. The molecule has 0 saturated heterocycles. The second-order valence-corrected chi connectivity index (χ2v) is 4.84. The lowest BCUT2D eigenvalue weighted by molar-refractivity contribution is 0.306. The molecule has 0 atom stereocenters. The van der Waals surface area contributed by atoms with E-state index in [1.165, 1.54) is 12.1 Å². The largest absolute Gasteiger partial charge is 0.489 e. The number of hydrogen-bond donors (Lipinski definition) is 2. The molecule has 2 N–H and O–H groups in total. The SMILES string of the molecule is CNC(=S)N/N=C\c1ccc(OCc2ccc(F)cc2)cc1. The van der Waals surface area contributed by atoms with Crippen molar-refractivity contribution in [3.05, 3.63) is 65.5 Å². The molecule has 0 spiro atoms. The van der Waals surface area contributed by atoms with Gasteiger partial charge in [0.25, 0.3) is 0 Å². The first-order valence-corrected chi connectivity index (χ1v) is 7.06. The number of thiocarbonyl (C=S) groups is 1. The highest BCUT2D eigenvalue weighted by Gasteiger charge is 1.97. The monoisotopic (exact) mass is 317 g/mol. The highest BCUT2D eigenvalue weighted by atomic mass is 32.1. The Morgan fingerprint density at radius 3 is 2.50 bits per heavy atom. The molecule has 22 heavy (non-hydrogen) atoms. The van der Waals surface area contributed by atoms with Gasteiger partial charge in [0, 0.05) is 7.05 Å². The van der Waals surface area contributed by atoms with E-state index in [0.717, 1.165) is 16.9 Å². The number of nitrogens with one attached hydrogen (secondary N) is 2. The predicted octanol–water partition coefficient (Wildman–Crippen LogP) is 2.83. The summed E-state index contributed by atoms with van der Waals surface area (Å²) in [6.45, 7) is 0.395. The third-order valence-electron chi connectivity index (χ3n) is 2.81. The number of ether oxygens (including phenoxy) is 1. The van der Waals surface area contributed by atoms with Gasteiger partial charge < -0.3 is 10.1 Å². The fraction of sp³-hybridized carbons (Fsp3) is 0.125. The van der Waals surface area contributed by atoms with Crippen molar-refractivity contribution in [1.82, 2.24) is 10.7 Å². The summed E-state index contributed by atoms with van der Waals surface area (Å²) in [6, 6.07) is 13.7. The first-order chi connectivity index (χ1) is 10.7. The molecule has 0 aliphatic heterocycles. The quantitative estimate of drug-likeness (QED) is 0.506. The summed E-state index contributed by atoms with van der Waals surface area (Å²) in [6.07, 6.45) is 1.66. The van der Waals surface area contributed by atoms with E-state index in [9.17, 15) is 4.39 Å². The molecule has 0 amide bonds. The summed E-state index contributed by atoms with van der Waals surface area (Å²) in [5, 5.41) is 7.20. The summed E-state index contributed by atoms with van der Waals surface area (Å²) in [5.41, 5.74) is 4.51. The van der Waals surface area contributed by atoms with Crippen molar-refractivity contribution < 1.29 is 9.13 Å². The molecule has 2 rings (SSSR count). The maximum absolute atomic E-state index is 12.8. The van der Waals surface area contributed by atoms with Crippen molar-refractivity contribution in [2.24, 2.45) is 5.10 Å². The molecule has 0 aliphatic carbocycles. The molecule has 0 aliphatic rings. The predicted molar refractivity (Wildman–Crippen MR) is 89.6 cm³/mol. The molecule has 0 heterocycles. The van der Waals surface area contributed by atoms with E-state index in [0.29, 0.717) is 11.7 Å². The van der Waals surface area contributed by atoms with Gasteiger partial charge in [-0.15, -0.1) is 0 Å². The Labute approximate surface area is 134 Å². The van der Waals surface area contributed by atoms with Crippen LogP contribution in [-0.2, 0) is 6.61 Å². The Hall–Kier alpha value is -2.47. The Bertz CT molecular complexity index is 641. The van der Waals surface area contributed by atoms with Crippen LogP contribution in [0.4, 0.5) is 4.39 Å². The van der Waals surface area contributed by atoms with Gasteiger partial charge in [0.05, 0.1) is 6.21 Å². The fourth-order valence-electron chi connectivity index (χ4n) is 1.62. The smallest absolute Gasteiger partial charge is 0.186 e. The molecule has 2 aromatic carbocycles. The number of hydrogen-bond acceptors (Lipinski definition) is 3. The average molecular weight is 317 g/mol. The zero-order chi connectivity index (χ0) is 15.8. The molecule has 0 saturated carbocycles. The number of halogens is 1. The Balaban J connectivity index is 1.86. The molecule has 0 unspecified atom stereocenters. The molecule has 0 bridgehead atoms. The van der Waals surface area contributed by atoms with Gasteiger partial charge in [-0.05, 0) is 59.7 Å². The fourth-order valence-corrected chi connectivity index (χ4v) is 1.67. The van der Waals surface area contributed by atoms with Gasteiger partial charge in [-0.1, -0.05) is 12.1 Å². The van der Waals surface area contributed by atoms with Gasteiger partial charge in [0.15, 0.2) is 5.11 Å². The van der Waals surface area contributed by atoms with Crippen LogP contribution in [0.3, 0.4) is 0 Å². The molecule has 2 aromatic rings. The van der Waals surface area contributed by atoms with Gasteiger partial charge >= 0.3 is 0 Å². The minimum absolute atomic E-state index is 0.251. The van der Waals surface area contributed by atoms with Gasteiger partial charge in [-0.2, -0.15) is 5.10 Å². The van der Waals surface area contributed by atoms with Crippen LogP contribution >= 0.6 is 12.2 Å². The van der Waals surface area contributed by atoms with Crippen LogP contribution in [0.15, 0.2) is 53.6 Å². The van der Waals surface area contributed by atoms with Gasteiger partial charge in [-0.3, -0.25) is 5.43 Å². The lowest BCUT2D eigenvalue weighted by atomic mass is 10.2. The molecule has 0 fully saturated rings. The summed E-state index contributed by atoms with van der Waals surface area (Å²) in [4.78, 5) is 0. The van der Waals surface area contributed by atoms with E-state index >= 15 is 0 Å². The molecule has 114 valence electrons. The Morgan fingerprint density at radius 1 is 1.18 bits per heavy atom. The van der Waals surface area contributed by atoms with E-state index < -0.39 is 0 Å². The van der Waals surface area contributed by atoms with E-state index in [1.807, 2.05) is 24.3 Å². The Kier molecular flexibility index (Phi) is 5.85. The highest BCUT2D eigenvalue weighted by Crippen LogP contribution is 2.13. The van der Waals surface area contributed by atoms with Crippen LogP contribution < -0.4 is 15.5 Å². The van der Waals surface area contributed by atoms with Crippen LogP contribution in [0.2, 0.25) is 0 Å². The van der Waals surface area contributed by atoms with Crippen LogP contribution in [0.25, 0.3) is 0 Å². The van der Waals surface area contributed by atoms with Gasteiger partial charge in [-0.25, -0.2) is 4.39 Å². The zero-order valence-corrected chi connectivity index (χ0v) is 12.9. The van der Waals surface area contributed by atoms with Crippen molar-refractivity contribution in [2.75, 3.05) is 7.05 Å². The molecule has 0 aromatic heterocycles. The van der Waals surface area contributed by atoms with E-state index in [2.05, 4.69) is 15.8 Å². The summed E-state index contributed by atoms with van der Waals surface area (Å²) < 4.78 is 18.4. The summed E-state index contributed by atoms with van der Waals surface area (Å²) in [7, 11) is 1.72. The summed E-state index contributed by atoms with van der Waals surface area (Å²) >= 11 is 4.90. The third kappa shape index (κ3) is 5.14. The van der Waals surface area contributed by atoms with Gasteiger partial charge in [0.1, 0.15) is 18.2 Å². The average Bonchev–Trinajstić information content (AvgIpc) is 2.55. The van der Waals surface area contributed by atoms with E-state index in [4.69, 9.17) is 17.0 Å². The van der Waals surface area contributed by atoms with Crippen LogP contribution in [0.1, 0.15) is 11.1 Å². The number of nitrogens with zero attached hydrogens (tertiary/aromatic N) is 1. The molecule has 6 heteroatoms. The molecular weight excluding hydrogens is 301 g/mol. The second-order valence-electron chi connectivity index (χ2n) is 4.43. The third-order valence-corrected chi connectivity index (χ3v) is 3.10. The number of benzene rings is 2. The first-order valence-electron chi connectivity index (χ1n) is 6.65. The zero-order valence-electron chi connectivity index (χ0n) is 12.0. The van der Waals surface area contributed by atoms with Gasteiger partial charge in [0.2, 0.25) is 0 Å². The van der Waals surface area contributed by atoms with Crippen molar-refractivity contribution >= 4 is 23.5 Å². The van der Waals surface area contributed by atoms with Crippen molar-refractivity contribution in [1.29, 1.82) is 0 Å². The molecular formula is C16H16FN3OS. The van der Waals surface area contributed by atoms with Crippen LogP contribution in [0, 0.1) is 5.82 Å². The lowest BCUT2D eigenvalue weighted by Crippen LogP contribution is -2.28. The molecule has 4 nitrogen and oxygen atoms in total. The van der Waals surface area contributed by atoms with Crippen LogP contribution in [-0.4, -0.2) is 18.4 Å². The van der Waals surface area contributed by atoms with Crippen molar-refractivity contribution in [2.45, 2.75) is 6.61 Å². The number of rotatable bonds is 5. The maximum Gasteiger partial charge on any atom is 0.186 e.